The second-order valence-corrected chi connectivity index (χ2v) is 7.05. The predicted molar refractivity (Wildman–Crippen MR) is 103 cm³/mol. The van der Waals surface area contributed by atoms with Crippen molar-refractivity contribution >= 4 is 22.6 Å². The van der Waals surface area contributed by atoms with Crippen LogP contribution in [0.1, 0.15) is 34.8 Å². The number of hydrogen-bond acceptors (Lipinski definition) is 4. The summed E-state index contributed by atoms with van der Waals surface area (Å²) < 4.78 is 0. The average Bonchev–Trinajstić information content (AvgIpc) is 3.12. The number of hydrogen-bond donors (Lipinski definition) is 1. The van der Waals surface area contributed by atoms with Crippen LogP contribution in [-0.2, 0) is 0 Å². The van der Waals surface area contributed by atoms with Gasteiger partial charge in [0.25, 0.3) is 5.91 Å². The van der Waals surface area contributed by atoms with E-state index in [4.69, 9.17) is 0 Å². The lowest BCUT2D eigenvalue weighted by Crippen LogP contribution is -2.39. The molecule has 26 heavy (non-hydrogen) atoms. The number of anilines is 1. The van der Waals surface area contributed by atoms with Crippen LogP contribution >= 0.6 is 0 Å². The van der Waals surface area contributed by atoms with Crippen molar-refractivity contribution in [2.45, 2.75) is 18.8 Å². The number of piperidine rings is 1. The second kappa shape index (κ2) is 6.78. The first-order chi connectivity index (χ1) is 12.6. The van der Waals surface area contributed by atoms with Crippen molar-refractivity contribution in [2.75, 3.05) is 32.1 Å². The molecule has 0 spiro atoms. The molecule has 0 bridgehead atoms. The predicted octanol–water partition coefficient (Wildman–Crippen LogP) is 3.04. The molecule has 1 aliphatic rings. The third kappa shape index (κ3) is 3.03. The van der Waals surface area contributed by atoms with E-state index in [0.29, 0.717) is 6.54 Å². The van der Waals surface area contributed by atoms with Crippen LogP contribution in [0.25, 0.3) is 11.0 Å². The van der Waals surface area contributed by atoms with Crippen LogP contribution in [0, 0.1) is 0 Å². The van der Waals surface area contributed by atoms with Gasteiger partial charge in [0.2, 0.25) is 0 Å². The van der Waals surface area contributed by atoms with E-state index in [1.807, 2.05) is 60.3 Å². The molecular weight excluding hydrogens is 326 g/mol. The summed E-state index contributed by atoms with van der Waals surface area (Å²) in [5, 5.41) is 8.51. The minimum Gasteiger partial charge on any atom is -0.378 e. The fourth-order valence-electron chi connectivity index (χ4n) is 3.68. The van der Waals surface area contributed by atoms with Crippen LogP contribution in [0.3, 0.4) is 0 Å². The Bertz CT molecular complexity index is 933. The van der Waals surface area contributed by atoms with E-state index in [2.05, 4.69) is 15.2 Å². The van der Waals surface area contributed by atoms with Crippen molar-refractivity contribution in [3.8, 4) is 0 Å². The maximum atomic E-state index is 13.0. The highest BCUT2D eigenvalue weighted by Crippen LogP contribution is 2.30. The molecule has 1 saturated heterocycles. The number of nitrogens with zero attached hydrogens (tertiary/aromatic N) is 4. The Morgan fingerprint density at radius 2 is 2.15 bits per heavy atom. The van der Waals surface area contributed by atoms with Crippen molar-refractivity contribution in [2.24, 2.45) is 0 Å². The summed E-state index contributed by atoms with van der Waals surface area (Å²) >= 11 is 0. The van der Waals surface area contributed by atoms with Crippen LogP contribution in [0.5, 0.6) is 0 Å². The number of H-pyrrole nitrogens is 1. The Morgan fingerprint density at radius 3 is 3.00 bits per heavy atom. The number of fused-ring (bicyclic) bond motifs is 1. The van der Waals surface area contributed by atoms with E-state index in [1.165, 1.54) is 0 Å². The summed E-state index contributed by atoms with van der Waals surface area (Å²) in [6.45, 7) is 1.50. The number of benzene rings is 1. The van der Waals surface area contributed by atoms with Gasteiger partial charge in [-0.3, -0.25) is 9.89 Å². The third-order valence-electron chi connectivity index (χ3n) is 5.09. The molecule has 4 rings (SSSR count). The van der Waals surface area contributed by atoms with Gasteiger partial charge in [-0.1, -0.05) is 6.07 Å². The van der Waals surface area contributed by atoms with Gasteiger partial charge in [-0.25, -0.2) is 4.98 Å². The van der Waals surface area contributed by atoms with Gasteiger partial charge in [0.1, 0.15) is 0 Å². The quantitative estimate of drug-likeness (QED) is 0.789. The minimum atomic E-state index is 0.0975. The Kier molecular flexibility index (Phi) is 4.32. The van der Waals surface area contributed by atoms with Crippen molar-refractivity contribution in [3.05, 3.63) is 53.9 Å². The van der Waals surface area contributed by atoms with Crippen LogP contribution in [0.15, 0.2) is 42.6 Å². The molecule has 0 unspecified atom stereocenters. The molecule has 1 N–H and O–H groups in total. The number of amides is 1. The van der Waals surface area contributed by atoms with Gasteiger partial charge in [-0.15, -0.1) is 0 Å². The van der Waals surface area contributed by atoms with Crippen molar-refractivity contribution in [1.82, 2.24) is 20.1 Å². The lowest BCUT2D eigenvalue weighted by atomic mass is 9.92. The molecule has 1 aliphatic heterocycles. The van der Waals surface area contributed by atoms with E-state index in [0.717, 1.165) is 47.4 Å². The van der Waals surface area contributed by atoms with Gasteiger partial charge in [-0.2, -0.15) is 5.10 Å². The van der Waals surface area contributed by atoms with Crippen molar-refractivity contribution in [3.63, 3.8) is 0 Å². The van der Waals surface area contributed by atoms with Crippen LogP contribution < -0.4 is 4.90 Å². The summed E-state index contributed by atoms with van der Waals surface area (Å²) in [7, 11) is 3.97. The molecule has 3 heterocycles. The minimum absolute atomic E-state index is 0.0975. The molecule has 0 aliphatic carbocycles. The van der Waals surface area contributed by atoms with Gasteiger partial charge in [0.05, 0.1) is 0 Å². The van der Waals surface area contributed by atoms with E-state index >= 15 is 0 Å². The summed E-state index contributed by atoms with van der Waals surface area (Å²) in [6, 6.07) is 11.8. The largest absolute Gasteiger partial charge is 0.378 e. The lowest BCUT2D eigenvalue weighted by Gasteiger charge is -2.32. The third-order valence-corrected chi connectivity index (χ3v) is 5.09. The first-order valence-electron chi connectivity index (χ1n) is 8.99. The summed E-state index contributed by atoms with van der Waals surface area (Å²) in [5.41, 5.74) is 3.61. The summed E-state index contributed by atoms with van der Waals surface area (Å²) in [6.07, 6.45) is 3.79. The molecule has 0 radical (unpaired) electrons. The van der Waals surface area contributed by atoms with Crippen molar-refractivity contribution in [1.29, 1.82) is 0 Å². The fraction of sp³-hybridized carbons (Fsp3) is 0.350. The first-order valence-corrected chi connectivity index (χ1v) is 8.99. The average molecular weight is 349 g/mol. The number of carbonyl (C=O) groups is 1. The zero-order valence-corrected chi connectivity index (χ0v) is 15.1. The molecule has 6 nitrogen and oxygen atoms in total. The smallest absolute Gasteiger partial charge is 0.253 e. The van der Waals surface area contributed by atoms with E-state index in [1.54, 1.807) is 6.20 Å². The van der Waals surface area contributed by atoms with E-state index < -0.39 is 0 Å². The number of nitrogens with one attached hydrogen (secondary N) is 1. The lowest BCUT2D eigenvalue weighted by molar-refractivity contribution is 0.0706. The fourth-order valence-corrected chi connectivity index (χ4v) is 3.68. The molecular formula is C20H23N5O. The molecule has 0 saturated carbocycles. The molecule has 1 aromatic carbocycles. The molecule has 1 atom stereocenters. The Hall–Kier alpha value is -2.89. The number of aromatic nitrogens is 3. The van der Waals surface area contributed by atoms with Gasteiger partial charge < -0.3 is 9.80 Å². The number of likely N-dealkylation sites (tertiary alicyclic amines) is 1. The van der Waals surface area contributed by atoms with E-state index in [-0.39, 0.29) is 11.8 Å². The monoisotopic (exact) mass is 349 g/mol. The Balaban J connectivity index is 1.57. The molecule has 1 amide bonds. The number of carbonyl (C=O) groups excluding carboxylic acids is 1. The van der Waals surface area contributed by atoms with Gasteiger partial charge in [0, 0.05) is 61.6 Å². The van der Waals surface area contributed by atoms with E-state index in [9.17, 15) is 4.79 Å². The molecule has 3 aromatic rings. The number of aromatic amines is 1. The molecule has 134 valence electrons. The molecule has 6 heteroatoms. The summed E-state index contributed by atoms with van der Waals surface area (Å²) in [4.78, 5) is 21.3. The number of pyridine rings is 1. The SMILES string of the molecule is CN(C)c1cccc(C(=O)N2CCC[C@H](c3[nH]nc4ncccc34)C2)c1. The standard InChI is InChI=1S/C20H23N5O/c1-24(2)16-8-3-6-14(12-16)20(26)25-11-5-7-15(13-25)18-17-9-4-10-21-19(17)23-22-18/h3-4,6,8-10,12,15H,5,7,11,13H2,1-2H3,(H,21,22,23)/t15-/m0/s1. The highest BCUT2D eigenvalue weighted by atomic mass is 16.2. The van der Waals surface area contributed by atoms with Gasteiger partial charge in [0.15, 0.2) is 5.65 Å². The maximum Gasteiger partial charge on any atom is 0.253 e. The Morgan fingerprint density at radius 1 is 1.27 bits per heavy atom. The second-order valence-electron chi connectivity index (χ2n) is 7.05. The van der Waals surface area contributed by atoms with Gasteiger partial charge in [-0.05, 0) is 43.2 Å². The highest BCUT2D eigenvalue weighted by Gasteiger charge is 2.28. The highest BCUT2D eigenvalue weighted by molar-refractivity contribution is 5.95. The maximum absolute atomic E-state index is 13.0. The van der Waals surface area contributed by atoms with Crippen LogP contribution in [-0.4, -0.2) is 53.2 Å². The topological polar surface area (TPSA) is 65.1 Å². The Labute approximate surface area is 152 Å². The van der Waals surface area contributed by atoms with Gasteiger partial charge >= 0.3 is 0 Å². The summed E-state index contributed by atoms with van der Waals surface area (Å²) in [5.74, 6) is 0.360. The zero-order valence-electron chi connectivity index (χ0n) is 15.1. The first kappa shape index (κ1) is 16.6. The van der Waals surface area contributed by atoms with Crippen LogP contribution in [0.2, 0.25) is 0 Å². The van der Waals surface area contributed by atoms with Crippen LogP contribution in [0.4, 0.5) is 5.69 Å². The molecule has 2 aromatic heterocycles. The number of rotatable bonds is 3. The zero-order chi connectivity index (χ0) is 18.1. The normalized spacial score (nSPS) is 17.5. The van der Waals surface area contributed by atoms with Crippen molar-refractivity contribution < 1.29 is 4.79 Å². The molecule has 1 fully saturated rings.